The Labute approximate surface area is 107 Å². The molecule has 0 aliphatic heterocycles. The Bertz CT molecular complexity index is 365. The van der Waals surface area contributed by atoms with E-state index in [0.717, 1.165) is 18.4 Å². The number of benzene rings is 1. The second-order valence-electron chi connectivity index (χ2n) is 4.26. The van der Waals surface area contributed by atoms with Crippen molar-refractivity contribution in [3.63, 3.8) is 0 Å². The van der Waals surface area contributed by atoms with Crippen LogP contribution in [0.1, 0.15) is 18.4 Å². The van der Waals surface area contributed by atoms with Crippen LogP contribution in [0.5, 0.6) is 5.75 Å². The maximum absolute atomic E-state index is 11.7. The van der Waals surface area contributed by atoms with Gasteiger partial charge in [0.05, 0.1) is 6.04 Å². The summed E-state index contributed by atoms with van der Waals surface area (Å²) < 4.78 is 0. The molecule has 0 fully saturated rings. The van der Waals surface area contributed by atoms with Gasteiger partial charge in [-0.1, -0.05) is 12.1 Å². The Hall–Kier alpha value is -1.59. The van der Waals surface area contributed by atoms with Crippen LogP contribution in [0.4, 0.5) is 0 Å². The van der Waals surface area contributed by atoms with E-state index in [1.165, 1.54) is 0 Å². The molecule has 18 heavy (non-hydrogen) atoms. The van der Waals surface area contributed by atoms with Gasteiger partial charge in [-0.25, -0.2) is 0 Å². The quantitative estimate of drug-likeness (QED) is 0.517. The van der Waals surface area contributed by atoms with Crippen LogP contribution >= 0.6 is 0 Å². The van der Waals surface area contributed by atoms with Crippen LogP contribution in [0.2, 0.25) is 0 Å². The number of amides is 1. The standard InChI is InChI=1S/C13H21N3O2/c14-7-1-2-8-16-13(18)12(15)9-10-3-5-11(17)6-4-10/h3-6,12,17H,1-2,7-9,14-15H2,(H,16,18). The largest absolute Gasteiger partial charge is 0.508 e. The van der Waals surface area contributed by atoms with E-state index in [4.69, 9.17) is 16.6 Å². The third kappa shape index (κ3) is 5.16. The highest BCUT2D eigenvalue weighted by atomic mass is 16.3. The number of nitrogens with one attached hydrogen (secondary N) is 1. The maximum Gasteiger partial charge on any atom is 0.237 e. The van der Waals surface area contributed by atoms with Crippen molar-refractivity contribution in [1.82, 2.24) is 5.32 Å². The van der Waals surface area contributed by atoms with Crippen LogP contribution in [0.15, 0.2) is 24.3 Å². The summed E-state index contributed by atoms with van der Waals surface area (Å²) in [5.74, 6) is 0.0543. The number of unbranched alkanes of at least 4 members (excludes halogenated alkanes) is 1. The van der Waals surface area contributed by atoms with Crippen molar-refractivity contribution in [2.45, 2.75) is 25.3 Å². The van der Waals surface area contributed by atoms with Gasteiger partial charge in [0.1, 0.15) is 5.75 Å². The summed E-state index contributed by atoms with van der Waals surface area (Å²) in [6.07, 6.45) is 2.23. The van der Waals surface area contributed by atoms with Crippen molar-refractivity contribution in [1.29, 1.82) is 0 Å². The Morgan fingerprint density at radius 2 is 1.94 bits per heavy atom. The van der Waals surface area contributed by atoms with Gasteiger partial charge in [0, 0.05) is 6.54 Å². The van der Waals surface area contributed by atoms with Crippen LogP contribution in [0.25, 0.3) is 0 Å². The van der Waals surface area contributed by atoms with Crippen LogP contribution in [-0.2, 0) is 11.2 Å². The van der Waals surface area contributed by atoms with Gasteiger partial charge in [0.15, 0.2) is 0 Å². The minimum atomic E-state index is -0.563. The van der Waals surface area contributed by atoms with E-state index in [1.807, 2.05) is 0 Å². The van der Waals surface area contributed by atoms with Crippen molar-refractivity contribution in [3.8, 4) is 5.75 Å². The molecule has 6 N–H and O–H groups in total. The number of aromatic hydroxyl groups is 1. The van der Waals surface area contributed by atoms with Crippen LogP contribution < -0.4 is 16.8 Å². The van der Waals surface area contributed by atoms with Crippen molar-refractivity contribution < 1.29 is 9.90 Å². The number of hydrogen-bond donors (Lipinski definition) is 4. The lowest BCUT2D eigenvalue weighted by molar-refractivity contribution is -0.122. The summed E-state index contributed by atoms with van der Waals surface area (Å²) in [7, 11) is 0. The first-order valence-electron chi connectivity index (χ1n) is 6.14. The summed E-state index contributed by atoms with van der Waals surface area (Å²) in [4.78, 5) is 11.7. The molecule has 0 aliphatic rings. The van der Waals surface area contributed by atoms with E-state index in [-0.39, 0.29) is 11.7 Å². The van der Waals surface area contributed by atoms with Crippen LogP contribution in [0.3, 0.4) is 0 Å². The molecule has 1 aromatic rings. The van der Waals surface area contributed by atoms with Gasteiger partial charge in [0.25, 0.3) is 0 Å². The number of rotatable bonds is 7. The molecule has 0 radical (unpaired) electrons. The highest BCUT2D eigenvalue weighted by Gasteiger charge is 2.13. The first-order valence-corrected chi connectivity index (χ1v) is 6.14. The van der Waals surface area contributed by atoms with Crippen molar-refractivity contribution in [3.05, 3.63) is 29.8 Å². The molecule has 0 saturated carbocycles. The number of phenolic OH excluding ortho intramolecular Hbond substituents is 1. The molecule has 5 nitrogen and oxygen atoms in total. The molecule has 1 amide bonds. The van der Waals surface area contributed by atoms with Gasteiger partial charge in [0.2, 0.25) is 5.91 Å². The van der Waals surface area contributed by atoms with Crippen molar-refractivity contribution in [2.24, 2.45) is 11.5 Å². The van der Waals surface area contributed by atoms with Gasteiger partial charge < -0.3 is 21.9 Å². The average molecular weight is 251 g/mol. The highest BCUT2D eigenvalue weighted by Crippen LogP contribution is 2.10. The molecule has 100 valence electrons. The predicted molar refractivity (Wildman–Crippen MR) is 71.1 cm³/mol. The van der Waals surface area contributed by atoms with Crippen LogP contribution in [0, 0.1) is 0 Å². The van der Waals surface area contributed by atoms with E-state index in [2.05, 4.69) is 5.32 Å². The SMILES string of the molecule is NCCCCNC(=O)C(N)Cc1ccc(O)cc1. The summed E-state index contributed by atoms with van der Waals surface area (Å²) >= 11 is 0. The molecule has 0 bridgehead atoms. The fraction of sp³-hybridized carbons (Fsp3) is 0.462. The number of carbonyl (C=O) groups is 1. The molecule has 1 aromatic carbocycles. The molecule has 0 aromatic heterocycles. The lowest BCUT2D eigenvalue weighted by atomic mass is 10.1. The third-order valence-corrected chi connectivity index (χ3v) is 2.66. The number of phenols is 1. The van der Waals surface area contributed by atoms with Crippen molar-refractivity contribution in [2.75, 3.05) is 13.1 Å². The average Bonchev–Trinajstić information content (AvgIpc) is 2.37. The molecule has 1 rings (SSSR count). The smallest absolute Gasteiger partial charge is 0.237 e. The Kier molecular flexibility index (Phi) is 6.18. The normalized spacial score (nSPS) is 12.1. The topological polar surface area (TPSA) is 101 Å². The molecule has 0 saturated heterocycles. The fourth-order valence-electron chi connectivity index (χ4n) is 1.59. The molecule has 5 heteroatoms. The summed E-state index contributed by atoms with van der Waals surface area (Å²) in [5, 5.41) is 11.9. The molecular weight excluding hydrogens is 230 g/mol. The number of nitrogens with two attached hydrogens (primary N) is 2. The fourth-order valence-corrected chi connectivity index (χ4v) is 1.59. The second kappa shape index (κ2) is 7.68. The number of hydrogen-bond acceptors (Lipinski definition) is 4. The Morgan fingerprint density at radius 1 is 1.28 bits per heavy atom. The van der Waals surface area contributed by atoms with Crippen LogP contribution in [-0.4, -0.2) is 30.1 Å². The van der Waals surface area contributed by atoms with Gasteiger partial charge in [-0.3, -0.25) is 4.79 Å². The Balaban J connectivity index is 2.33. The van der Waals surface area contributed by atoms with Gasteiger partial charge >= 0.3 is 0 Å². The molecular formula is C13H21N3O2. The Morgan fingerprint density at radius 3 is 2.56 bits per heavy atom. The third-order valence-electron chi connectivity index (χ3n) is 2.66. The van der Waals surface area contributed by atoms with Gasteiger partial charge in [-0.05, 0) is 43.5 Å². The lowest BCUT2D eigenvalue weighted by Crippen LogP contribution is -2.42. The van der Waals surface area contributed by atoms with Gasteiger partial charge in [-0.15, -0.1) is 0 Å². The minimum absolute atomic E-state index is 0.153. The highest BCUT2D eigenvalue weighted by molar-refractivity contribution is 5.81. The van der Waals surface area contributed by atoms with E-state index < -0.39 is 6.04 Å². The molecule has 1 atom stereocenters. The minimum Gasteiger partial charge on any atom is -0.508 e. The lowest BCUT2D eigenvalue weighted by Gasteiger charge is -2.12. The van der Waals surface area contributed by atoms with Crippen molar-refractivity contribution >= 4 is 5.91 Å². The van der Waals surface area contributed by atoms with E-state index in [1.54, 1.807) is 24.3 Å². The predicted octanol–water partition coefficient (Wildman–Crippen LogP) is 0.117. The monoisotopic (exact) mass is 251 g/mol. The molecule has 1 unspecified atom stereocenters. The first-order chi connectivity index (χ1) is 8.63. The summed E-state index contributed by atoms with van der Waals surface area (Å²) in [6.45, 7) is 1.24. The van der Waals surface area contributed by atoms with E-state index >= 15 is 0 Å². The van der Waals surface area contributed by atoms with Gasteiger partial charge in [-0.2, -0.15) is 0 Å². The zero-order valence-corrected chi connectivity index (χ0v) is 10.4. The van der Waals surface area contributed by atoms with E-state index in [9.17, 15) is 4.79 Å². The first kappa shape index (κ1) is 14.5. The molecule has 0 aliphatic carbocycles. The number of carbonyl (C=O) groups excluding carboxylic acids is 1. The zero-order chi connectivity index (χ0) is 13.4. The summed E-state index contributed by atoms with van der Waals surface area (Å²) in [6, 6.07) is 6.13. The maximum atomic E-state index is 11.7. The summed E-state index contributed by atoms with van der Waals surface area (Å²) in [5.41, 5.74) is 12.1. The molecule has 0 spiro atoms. The zero-order valence-electron chi connectivity index (χ0n) is 10.4. The molecule has 0 heterocycles. The second-order valence-corrected chi connectivity index (χ2v) is 4.26. The van der Waals surface area contributed by atoms with E-state index in [0.29, 0.717) is 19.5 Å².